The van der Waals surface area contributed by atoms with Crippen molar-refractivity contribution >= 4 is 10.0 Å². The molecule has 0 amide bonds. The van der Waals surface area contributed by atoms with Crippen LogP contribution < -0.4 is 10.0 Å². The zero-order valence-corrected chi connectivity index (χ0v) is 10.7. The quantitative estimate of drug-likeness (QED) is 0.584. The van der Waals surface area contributed by atoms with Gasteiger partial charge in [-0.3, -0.25) is 0 Å². The van der Waals surface area contributed by atoms with Crippen molar-refractivity contribution < 1.29 is 12.9 Å². The Morgan fingerprint density at radius 2 is 2.18 bits per heavy atom. The van der Waals surface area contributed by atoms with Gasteiger partial charge in [0.25, 0.3) is 0 Å². The fourth-order valence-corrected chi connectivity index (χ4v) is 2.17. The Kier molecular flexibility index (Phi) is 6.09. The van der Waals surface area contributed by atoms with Crippen molar-refractivity contribution in [2.24, 2.45) is 0 Å². The molecule has 1 aromatic rings. The third-order valence-electron chi connectivity index (χ3n) is 2.04. The summed E-state index contributed by atoms with van der Waals surface area (Å²) in [5.41, 5.74) is 0. The summed E-state index contributed by atoms with van der Waals surface area (Å²) < 4.78 is 30.2. The van der Waals surface area contributed by atoms with Crippen molar-refractivity contribution in [1.29, 1.82) is 0 Å². The lowest BCUT2D eigenvalue weighted by Gasteiger charge is -2.06. The Labute approximate surface area is 101 Å². The predicted octanol–water partition coefficient (Wildman–Crippen LogP) is -0.469. The van der Waals surface area contributed by atoms with Crippen LogP contribution in [0.4, 0.5) is 0 Å². The number of rotatable bonds is 9. The first-order valence-corrected chi connectivity index (χ1v) is 7.23. The van der Waals surface area contributed by atoms with E-state index < -0.39 is 10.0 Å². The molecule has 0 aliphatic carbocycles. The second kappa shape index (κ2) is 7.36. The molecule has 0 aromatic carbocycles. The van der Waals surface area contributed by atoms with Crippen molar-refractivity contribution in [3.8, 4) is 0 Å². The molecule has 0 saturated carbocycles. The number of sulfonamides is 1. The number of nitrogens with one attached hydrogen (secondary N) is 2. The Morgan fingerprint density at radius 3 is 2.82 bits per heavy atom. The molecule has 17 heavy (non-hydrogen) atoms. The van der Waals surface area contributed by atoms with Crippen molar-refractivity contribution in [1.82, 2.24) is 20.2 Å². The van der Waals surface area contributed by atoms with E-state index in [1.807, 2.05) is 6.92 Å². The molecule has 0 fully saturated rings. The molecule has 0 saturated heterocycles. The number of hydrogen-bond acceptors (Lipinski definition) is 6. The van der Waals surface area contributed by atoms with Crippen LogP contribution in [0.2, 0.25) is 0 Å². The van der Waals surface area contributed by atoms with Gasteiger partial charge in [0, 0.05) is 19.5 Å². The largest absolute Gasteiger partial charge is 0.340 e. The minimum atomic E-state index is -3.22. The summed E-state index contributed by atoms with van der Waals surface area (Å²) in [7, 11) is -3.22. The fourth-order valence-electron chi connectivity index (χ4n) is 1.20. The third-order valence-corrected chi connectivity index (χ3v) is 3.43. The SMILES string of the molecule is CCCNCCS(=O)(=O)NCCc1ncno1. The summed E-state index contributed by atoms with van der Waals surface area (Å²) in [6, 6.07) is 0. The molecule has 1 rings (SSSR count). The van der Waals surface area contributed by atoms with E-state index >= 15 is 0 Å². The van der Waals surface area contributed by atoms with Crippen LogP contribution in [0.15, 0.2) is 10.9 Å². The zero-order chi connectivity index (χ0) is 12.6. The highest BCUT2D eigenvalue weighted by molar-refractivity contribution is 7.89. The smallest absolute Gasteiger partial charge is 0.227 e. The molecule has 1 aromatic heterocycles. The van der Waals surface area contributed by atoms with Gasteiger partial charge in [0.05, 0.1) is 5.75 Å². The summed E-state index contributed by atoms with van der Waals surface area (Å²) in [5, 5.41) is 6.47. The van der Waals surface area contributed by atoms with Gasteiger partial charge >= 0.3 is 0 Å². The van der Waals surface area contributed by atoms with Crippen molar-refractivity contribution in [2.75, 3.05) is 25.4 Å². The molecule has 98 valence electrons. The number of aromatic nitrogens is 2. The highest BCUT2D eigenvalue weighted by atomic mass is 32.2. The number of nitrogens with zero attached hydrogens (tertiary/aromatic N) is 2. The molecule has 0 aliphatic heterocycles. The zero-order valence-electron chi connectivity index (χ0n) is 9.85. The first-order chi connectivity index (χ1) is 8.14. The molecule has 0 radical (unpaired) electrons. The lowest BCUT2D eigenvalue weighted by molar-refractivity contribution is 0.377. The van der Waals surface area contributed by atoms with Crippen LogP contribution in [-0.4, -0.2) is 43.9 Å². The Balaban J connectivity index is 2.16. The predicted molar refractivity (Wildman–Crippen MR) is 63.0 cm³/mol. The van der Waals surface area contributed by atoms with Crippen LogP contribution >= 0.6 is 0 Å². The van der Waals surface area contributed by atoms with Gasteiger partial charge in [0.1, 0.15) is 0 Å². The summed E-state index contributed by atoms with van der Waals surface area (Å²) in [6.07, 6.45) is 2.69. The molecule has 0 atom stereocenters. The lowest BCUT2D eigenvalue weighted by Crippen LogP contribution is -2.33. The molecule has 2 N–H and O–H groups in total. The van der Waals surface area contributed by atoms with E-state index in [2.05, 4.69) is 20.2 Å². The third kappa shape index (κ3) is 6.35. The van der Waals surface area contributed by atoms with Gasteiger partial charge in [-0.25, -0.2) is 13.1 Å². The standard InChI is InChI=1S/C9H18N4O3S/c1-2-4-10-6-7-17(14,15)13-5-3-9-11-8-12-16-9/h8,10,13H,2-7H2,1H3. The van der Waals surface area contributed by atoms with E-state index in [1.54, 1.807) is 0 Å². The van der Waals surface area contributed by atoms with Gasteiger partial charge in [-0.1, -0.05) is 12.1 Å². The Morgan fingerprint density at radius 1 is 1.35 bits per heavy atom. The number of hydrogen-bond donors (Lipinski definition) is 2. The van der Waals surface area contributed by atoms with E-state index in [0.29, 0.717) is 18.9 Å². The summed E-state index contributed by atoms with van der Waals surface area (Å²) in [5.74, 6) is 0.508. The molecular formula is C9H18N4O3S. The van der Waals surface area contributed by atoms with Crippen LogP contribution in [0.25, 0.3) is 0 Å². The minimum Gasteiger partial charge on any atom is -0.340 e. The van der Waals surface area contributed by atoms with Gasteiger partial charge in [-0.2, -0.15) is 4.98 Å². The molecule has 1 heterocycles. The molecule has 8 heteroatoms. The molecule has 0 unspecified atom stereocenters. The van der Waals surface area contributed by atoms with Crippen LogP contribution in [-0.2, 0) is 16.4 Å². The first-order valence-electron chi connectivity index (χ1n) is 5.57. The van der Waals surface area contributed by atoms with Crippen molar-refractivity contribution in [3.63, 3.8) is 0 Å². The van der Waals surface area contributed by atoms with E-state index in [1.165, 1.54) is 6.33 Å². The molecule has 0 spiro atoms. The monoisotopic (exact) mass is 262 g/mol. The van der Waals surface area contributed by atoms with Gasteiger partial charge in [-0.15, -0.1) is 0 Å². The van der Waals surface area contributed by atoms with E-state index in [4.69, 9.17) is 4.52 Å². The van der Waals surface area contributed by atoms with Crippen LogP contribution in [0.5, 0.6) is 0 Å². The maximum Gasteiger partial charge on any atom is 0.227 e. The normalized spacial score (nSPS) is 11.8. The van der Waals surface area contributed by atoms with Gasteiger partial charge in [-0.05, 0) is 13.0 Å². The highest BCUT2D eigenvalue weighted by Crippen LogP contribution is 1.92. The first kappa shape index (κ1) is 14.1. The molecule has 7 nitrogen and oxygen atoms in total. The Hall–Kier alpha value is -0.990. The van der Waals surface area contributed by atoms with E-state index in [-0.39, 0.29) is 12.3 Å². The Bertz CT molecular complexity index is 390. The lowest BCUT2D eigenvalue weighted by atomic mass is 10.4. The minimum absolute atomic E-state index is 0.0802. The second-order valence-electron chi connectivity index (χ2n) is 3.55. The van der Waals surface area contributed by atoms with Crippen LogP contribution in [0.3, 0.4) is 0 Å². The van der Waals surface area contributed by atoms with Crippen LogP contribution in [0, 0.1) is 0 Å². The van der Waals surface area contributed by atoms with E-state index in [9.17, 15) is 8.42 Å². The summed E-state index contributed by atoms with van der Waals surface area (Å²) in [6.45, 7) is 3.60. The molecule has 0 aliphatic rings. The van der Waals surface area contributed by atoms with Crippen LogP contribution in [0.1, 0.15) is 19.2 Å². The van der Waals surface area contributed by atoms with Gasteiger partial charge < -0.3 is 9.84 Å². The summed E-state index contributed by atoms with van der Waals surface area (Å²) in [4.78, 5) is 3.80. The van der Waals surface area contributed by atoms with Gasteiger partial charge in [0.2, 0.25) is 15.9 Å². The highest BCUT2D eigenvalue weighted by Gasteiger charge is 2.09. The average molecular weight is 262 g/mol. The topological polar surface area (TPSA) is 97.1 Å². The maximum atomic E-state index is 11.5. The summed E-state index contributed by atoms with van der Waals surface area (Å²) >= 11 is 0. The molecule has 0 bridgehead atoms. The maximum absolute atomic E-state index is 11.5. The van der Waals surface area contributed by atoms with E-state index in [0.717, 1.165) is 13.0 Å². The second-order valence-corrected chi connectivity index (χ2v) is 5.47. The average Bonchev–Trinajstić information content (AvgIpc) is 2.77. The van der Waals surface area contributed by atoms with Gasteiger partial charge in [0.15, 0.2) is 6.33 Å². The van der Waals surface area contributed by atoms with Crippen molar-refractivity contribution in [3.05, 3.63) is 12.2 Å². The van der Waals surface area contributed by atoms with Crippen molar-refractivity contribution in [2.45, 2.75) is 19.8 Å². The fraction of sp³-hybridized carbons (Fsp3) is 0.778. The molecular weight excluding hydrogens is 244 g/mol.